The van der Waals surface area contributed by atoms with E-state index in [4.69, 9.17) is 9.84 Å². The third-order valence-electron chi connectivity index (χ3n) is 1.31. The molecule has 0 aromatic heterocycles. The van der Waals surface area contributed by atoms with Crippen molar-refractivity contribution in [1.82, 2.24) is 0 Å². The maximum absolute atomic E-state index is 11.1. The molecule has 0 saturated heterocycles. The number of carbonyl (C=O) groups excluding carboxylic acids is 1. The van der Waals surface area contributed by atoms with E-state index in [0.29, 0.717) is 13.0 Å². The van der Waals surface area contributed by atoms with Gasteiger partial charge in [0.25, 0.3) is 0 Å². The van der Waals surface area contributed by atoms with Crippen LogP contribution in [0.1, 0.15) is 20.3 Å². The number of carbonyl (C=O) groups is 1. The van der Waals surface area contributed by atoms with Gasteiger partial charge in [-0.05, 0) is 13.8 Å². The van der Waals surface area contributed by atoms with Crippen molar-refractivity contribution in [2.24, 2.45) is 0 Å². The van der Waals surface area contributed by atoms with Gasteiger partial charge in [-0.25, -0.2) is 4.79 Å². The molecule has 0 bridgehead atoms. The van der Waals surface area contributed by atoms with E-state index in [1.165, 1.54) is 6.92 Å². The first kappa shape index (κ1) is 10.8. The molecule has 1 N–H and O–H groups in total. The van der Waals surface area contributed by atoms with E-state index in [-0.39, 0.29) is 11.3 Å². The first-order chi connectivity index (χ1) is 5.63. The highest BCUT2D eigenvalue weighted by Crippen LogP contribution is 2.08. The van der Waals surface area contributed by atoms with Crippen molar-refractivity contribution in [3.05, 3.63) is 24.0 Å². The average molecular weight is 170 g/mol. The number of allylic oxidation sites excluding steroid dienone is 2. The number of rotatable bonds is 4. The lowest BCUT2D eigenvalue weighted by atomic mass is 10.1. The van der Waals surface area contributed by atoms with Crippen LogP contribution < -0.4 is 0 Å². The molecule has 0 atom stereocenters. The standard InChI is InChI=1S/C9H14O3/c1-4-6-8(7(3)10)9(11)12-5-2/h4,10H,1,5-6H2,2-3H3/b8-7-. The van der Waals surface area contributed by atoms with Crippen LogP contribution in [0.25, 0.3) is 0 Å². The molecule has 0 aromatic rings. The highest BCUT2D eigenvalue weighted by Gasteiger charge is 2.11. The number of aliphatic hydroxyl groups excluding tert-OH is 1. The largest absolute Gasteiger partial charge is 0.512 e. The summed E-state index contributed by atoms with van der Waals surface area (Å²) in [5, 5.41) is 9.07. The predicted octanol–water partition coefficient (Wildman–Crippen LogP) is 1.96. The lowest BCUT2D eigenvalue weighted by Gasteiger charge is -2.04. The Morgan fingerprint density at radius 2 is 2.25 bits per heavy atom. The van der Waals surface area contributed by atoms with Gasteiger partial charge in [0, 0.05) is 6.42 Å². The summed E-state index contributed by atoms with van der Waals surface area (Å²) in [5.74, 6) is -0.481. The van der Waals surface area contributed by atoms with Crippen molar-refractivity contribution < 1.29 is 14.6 Å². The SMILES string of the molecule is C=CC/C(C(=O)OCC)=C(\C)O. The van der Waals surface area contributed by atoms with Gasteiger partial charge in [-0.3, -0.25) is 0 Å². The van der Waals surface area contributed by atoms with Crippen molar-refractivity contribution in [3.63, 3.8) is 0 Å². The second-order valence-electron chi connectivity index (χ2n) is 2.28. The van der Waals surface area contributed by atoms with E-state index >= 15 is 0 Å². The van der Waals surface area contributed by atoms with Gasteiger partial charge in [-0.15, -0.1) is 6.58 Å². The summed E-state index contributed by atoms with van der Waals surface area (Å²) >= 11 is 0. The normalized spacial score (nSPS) is 11.8. The molecule has 0 amide bonds. The lowest BCUT2D eigenvalue weighted by Crippen LogP contribution is -2.09. The molecule has 0 radical (unpaired) electrons. The van der Waals surface area contributed by atoms with Gasteiger partial charge in [0.05, 0.1) is 17.9 Å². The van der Waals surface area contributed by atoms with Crippen LogP contribution in [-0.2, 0) is 9.53 Å². The van der Waals surface area contributed by atoms with Gasteiger partial charge < -0.3 is 9.84 Å². The van der Waals surface area contributed by atoms with E-state index in [9.17, 15) is 4.79 Å². The average Bonchev–Trinajstić information content (AvgIpc) is 1.99. The maximum atomic E-state index is 11.1. The molecule has 0 aromatic carbocycles. The fraction of sp³-hybridized carbons (Fsp3) is 0.444. The summed E-state index contributed by atoms with van der Waals surface area (Å²) < 4.78 is 4.71. The van der Waals surface area contributed by atoms with Gasteiger partial charge in [0.2, 0.25) is 0 Å². The fourth-order valence-corrected chi connectivity index (χ4v) is 0.741. The molecule has 0 unspecified atom stereocenters. The third-order valence-corrected chi connectivity index (χ3v) is 1.31. The van der Waals surface area contributed by atoms with Gasteiger partial charge >= 0.3 is 5.97 Å². The van der Waals surface area contributed by atoms with Gasteiger partial charge in [0.15, 0.2) is 0 Å². The number of ether oxygens (including phenoxy) is 1. The number of hydrogen-bond donors (Lipinski definition) is 1. The molecule has 0 saturated carbocycles. The Morgan fingerprint density at radius 3 is 2.58 bits per heavy atom. The zero-order valence-corrected chi connectivity index (χ0v) is 7.46. The highest BCUT2D eigenvalue weighted by atomic mass is 16.5. The summed E-state index contributed by atoms with van der Waals surface area (Å²) in [6.07, 6.45) is 1.88. The van der Waals surface area contributed by atoms with Crippen LogP contribution in [0.4, 0.5) is 0 Å². The Balaban J connectivity index is 4.42. The minimum atomic E-state index is -0.475. The van der Waals surface area contributed by atoms with Crippen LogP contribution >= 0.6 is 0 Å². The van der Waals surface area contributed by atoms with Crippen molar-refractivity contribution in [1.29, 1.82) is 0 Å². The summed E-state index contributed by atoms with van der Waals surface area (Å²) in [4.78, 5) is 11.1. The van der Waals surface area contributed by atoms with Crippen molar-refractivity contribution in [2.75, 3.05) is 6.61 Å². The van der Waals surface area contributed by atoms with E-state index in [1.54, 1.807) is 13.0 Å². The minimum Gasteiger partial charge on any atom is -0.512 e. The Bertz CT molecular complexity index is 200. The van der Waals surface area contributed by atoms with Crippen molar-refractivity contribution >= 4 is 5.97 Å². The monoisotopic (exact) mass is 170 g/mol. The van der Waals surface area contributed by atoms with Crippen LogP contribution in [-0.4, -0.2) is 17.7 Å². The van der Waals surface area contributed by atoms with Crippen LogP contribution in [0.3, 0.4) is 0 Å². The molecular formula is C9H14O3. The molecule has 0 heterocycles. The Morgan fingerprint density at radius 1 is 1.67 bits per heavy atom. The van der Waals surface area contributed by atoms with Crippen molar-refractivity contribution in [3.8, 4) is 0 Å². The van der Waals surface area contributed by atoms with E-state index in [2.05, 4.69) is 6.58 Å². The number of hydrogen-bond acceptors (Lipinski definition) is 3. The van der Waals surface area contributed by atoms with Crippen LogP contribution in [0.5, 0.6) is 0 Å². The molecule has 0 aliphatic carbocycles. The number of esters is 1. The molecule has 0 spiro atoms. The lowest BCUT2D eigenvalue weighted by molar-refractivity contribution is -0.138. The zero-order valence-electron chi connectivity index (χ0n) is 7.46. The molecular weight excluding hydrogens is 156 g/mol. The molecule has 0 rings (SSSR count). The first-order valence-electron chi connectivity index (χ1n) is 3.80. The molecule has 0 fully saturated rings. The summed E-state index contributed by atoms with van der Waals surface area (Å²) in [6, 6.07) is 0. The van der Waals surface area contributed by atoms with Crippen LogP contribution in [0.2, 0.25) is 0 Å². The molecule has 12 heavy (non-hydrogen) atoms. The summed E-state index contributed by atoms with van der Waals surface area (Å²) in [5.41, 5.74) is 0.270. The summed E-state index contributed by atoms with van der Waals surface area (Å²) in [7, 11) is 0. The van der Waals surface area contributed by atoms with Crippen LogP contribution in [0.15, 0.2) is 24.0 Å². The van der Waals surface area contributed by atoms with Gasteiger partial charge in [-0.2, -0.15) is 0 Å². The minimum absolute atomic E-state index is 0.00616. The second-order valence-corrected chi connectivity index (χ2v) is 2.28. The molecule has 68 valence electrons. The Kier molecular flexibility index (Phi) is 4.84. The smallest absolute Gasteiger partial charge is 0.337 e. The first-order valence-corrected chi connectivity index (χ1v) is 3.80. The molecule has 3 heteroatoms. The van der Waals surface area contributed by atoms with Gasteiger partial charge in [-0.1, -0.05) is 6.08 Å². The Labute approximate surface area is 72.3 Å². The van der Waals surface area contributed by atoms with E-state index in [0.717, 1.165) is 0 Å². The van der Waals surface area contributed by atoms with Gasteiger partial charge in [0.1, 0.15) is 0 Å². The topological polar surface area (TPSA) is 46.5 Å². The maximum Gasteiger partial charge on any atom is 0.337 e. The highest BCUT2D eigenvalue weighted by molar-refractivity contribution is 5.89. The van der Waals surface area contributed by atoms with E-state index < -0.39 is 5.97 Å². The summed E-state index contributed by atoms with van der Waals surface area (Å²) in [6.45, 7) is 6.96. The zero-order chi connectivity index (χ0) is 9.56. The van der Waals surface area contributed by atoms with E-state index in [1.807, 2.05) is 0 Å². The molecule has 0 aliphatic heterocycles. The third kappa shape index (κ3) is 3.23. The molecule has 0 aliphatic rings. The number of aliphatic hydroxyl groups is 1. The molecule has 3 nitrogen and oxygen atoms in total. The Hall–Kier alpha value is -1.25. The fourth-order valence-electron chi connectivity index (χ4n) is 0.741. The predicted molar refractivity (Wildman–Crippen MR) is 46.8 cm³/mol. The second kappa shape index (κ2) is 5.41. The quantitative estimate of drug-likeness (QED) is 0.303. The van der Waals surface area contributed by atoms with Crippen LogP contribution in [0, 0.1) is 0 Å². The van der Waals surface area contributed by atoms with Crippen molar-refractivity contribution in [2.45, 2.75) is 20.3 Å².